The van der Waals surface area contributed by atoms with Crippen LogP contribution in [0.15, 0.2) is 28.4 Å². The van der Waals surface area contributed by atoms with Crippen molar-refractivity contribution in [3.63, 3.8) is 0 Å². The van der Waals surface area contributed by atoms with Crippen LogP contribution in [0, 0.1) is 13.8 Å². The molecule has 1 atom stereocenters. The van der Waals surface area contributed by atoms with Gasteiger partial charge in [0.2, 0.25) is 0 Å². The Labute approximate surface area is 197 Å². The summed E-state index contributed by atoms with van der Waals surface area (Å²) in [4.78, 5) is 44.9. The zero-order valence-corrected chi connectivity index (χ0v) is 19.6. The van der Waals surface area contributed by atoms with Gasteiger partial charge in [-0.2, -0.15) is 0 Å². The predicted molar refractivity (Wildman–Crippen MR) is 121 cm³/mol. The summed E-state index contributed by atoms with van der Waals surface area (Å²) in [6.45, 7) is 7.42. The highest BCUT2D eigenvalue weighted by atomic mass is 16.5. The van der Waals surface area contributed by atoms with Crippen LogP contribution in [0.2, 0.25) is 0 Å². The molecule has 2 aliphatic heterocycles. The highest BCUT2D eigenvalue weighted by Gasteiger charge is 2.47. The molecule has 0 unspecified atom stereocenters. The van der Waals surface area contributed by atoms with Crippen LogP contribution >= 0.6 is 0 Å². The number of aliphatic hydroxyl groups is 1. The molecule has 4 rings (SSSR count). The van der Waals surface area contributed by atoms with E-state index in [2.05, 4.69) is 9.88 Å². The second-order valence-electron chi connectivity index (χ2n) is 8.43. The monoisotopic (exact) mass is 471 g/mol. The number of methoxy groups -OCH3 is 1. The van der Waals surface area contributed by atoms with Crippen LogP contribution in [0.3, 0.4) is 0 Å². The maximum Gasteiger partial charge on any atom is 0.354 e. The van der Waals surface area contributed by atoms with Gasteiger partial charge in [0.15, 0.2) is 0 Å². The Hall–Kier alpha value is -3.37. The maximum atomic E-state index is 13.1. The number of rotatable bonds is 7. The first kappa shape index (κ1) is 23.8. The van der Waals surface area contributed by atoms with Crippen molar-refractivity contribution >= 4 is 23.4 Å². The van der Waals surface area contributed by atoms with Crippen molar-refractivity contribution in [3.8, 4) is 0 Å². The molecule has 0 radical (unpaired) electrons. The Kier molecular flexibility index (Phi) is 6.90. The quantitative estimate of drug-likeness (QED) is 0.272. The number of morpholine rings is 1. The van der Waals surface area contributed by atoms with E-state index in [1.165, 1.54) is 18.3 Å². The second-order valence-corrected chi connectivity index (χ2v) is 8.43. The first-order valence-electron chi connectivity index (χ1n) is 11.2. The Morgan fingerprint density at radius 3 is 2.62 bits per heavy atom. The first-order chi connectivity index (χ1) is 16.3. The molecule has 4 heterocycles. The van der Waals surface area contributed by atoms with Crippen LogP contribution in [0.1, 0.15) is 45.5 Å². The molecule has 2 fully saturated rings. The number of Topliss-reactive ketones (excluding diaryl/α,β-unsaturated/α-hetero) is 1. The largest absolute Gasteiger partial charge is 0.507 e. The number of amides is 1. The number of furan rings is 1. The summed E-state index contributed by atoms with van der Waals surface area (Å²) in [5, 5.41) is 11.3. The number of aryl methyl sites for hydroxylation is 1. The lowest BCUT2D eigenvalue weighted by Crippen LogP contribution is -2.38. The van der Waals surface area contributed by atoms with E-state index in [4.69, 9.17) is 13.9 Å². The predicted octanol–water partition coefficient (Wildman–Crippen LogP) is 2.16. The number of hydrogen-bond acceptors (Lipinski definition) is 8. The highest BCUT2D eigenvalue weighted by Crippen LogP contribution is 2.41. The summed E-state index contributed by atoms with van der Waals surface area (Å²) in [5.74, 6) is -2.04. The van der Waals surface area contributed by atoms with E-state index < -0.39 is 23.7 Å². The van der Waals surface area contributed by atoms with E-state index in [-0.39, 0.29) is 17.0 Å². The molecule has 2 aromatic heterocycles. The second kappa shape index (κ2) is 9.86. The topological polar surface area (TPSA) is 125 Å². The van der Waals surface area contributed by atoms with Crippen LogP contribution in [-0.2, 0) is 19.1 Å². The van der Waals surface area contributed by atoms with Crippen molar-refractivity contribution < 1.29 is 33.4 Å². The van der Waals surface area contributed by atoms with Gasteiger partial charge in [-0.15, -0.1) is 0 Å². The summed E-state index contributed by atoms with van der Waals surface area (Å²) in [6, 6.07) is 2.48. The molecule has 0 saturated carbocycles. The van der Waals surface area contributed by atoms with Gasteiger partial charge in [0, 0.05) is 37.4 Å². The van der Waals surface area contributed by atoms with Crippen LogP contribution in [0.25, 0.3) is 5.76 Å². The molecule has 182 valence electrons. The minimum absolute atomic E-state index is 0.0621. The number of carbonyl (C=O) groups is 3. The van der Waals surface area contributed by atoms with Gasteiger partial charge in [0.05, 0.1) is 32.2 Å². The van der Waals surface area contributed by atoms with Crippen LogP contribution in [0.5, 0.6) is 0 Å². The summed E-state index contributed by atoms with van der Waals surface area (Å²) in [7, 11) is 1.26. The Morgan fingerprint density at radius 1 is 1.24 bits per heavy atom. The Balaban J connectivity index is 1.69. The number of carbonyl (C=O) groups excluding carboxylic acids is 3. The summed E-state index contributed by atoms with van der Waals surface area (Å²) in [5.41, 5.74) is 1.32. The Bertz CT molecular complexity index is 1110. The zero-order valence-electron chi connectivity index (χ0n) is 19.6. The molecule has 2 N–H and O–H groups in total. The molecular weight excluding hydrogens is 442 g/mol. The lowest BCUT2D eigenvalue weighted by molar-refractivity contribution is -0.140. The number of esters is 1. The van der Waals surface area contributed by atoms with Gasteiger partial charge >= 0.3 is 5.97 Å². The third-order valence-electron chi connectivity index (χ3n) is 6.39. The molecule has 0 spiro atoms. The number of nitrogens with zero attached hydrogens (tertiary/aromatic N) is 2. The lowest BCUT2D eigenvalue weighted by Gasteiger charge is -2.28. The number of likely N-dealkylation sites (tertiary alicyclic amines) is 1. The highest BCUT2D eigenvalue weighted by molar-refractivity contribution is 6.46. The van der Waals surface area contributed by atoms with Crippen LogP contribution in [-0.4, -0.2) is 84.1 Å². The fourth-order valence-corrected chi connectivity index (χ4v) is 4.69. The number of ether oxygens (including phenoxy) is 2. The number of aliphatic hydroxyl groups excluding tert-OH is 1. The maximum absolute atomic E-state index is 13.1. The van der Waals surface area contributed by atoms with E-state index >= 15 is 0 Å². The molecule has 0 aliphatic carbocycles. The fraction of sp³-hybridized carbons (Fsp3) is 0.458. The van der Waals surface area contributed by atoms with Crippen molar-refractivity contribution in [1.29, 1.82) is 0 Å². The third-order valence-corrected chi connectivity index (χ3v) is 6.39. The normalized spacial score (nSPS) is 20.8. The molecule has 10 heteroatoms. The van der Waals surface area contributed by atoms with Crippen molar-refractivity contribution in [2.45, 2.75) is 26.3 Å². The SMILES string of the molecule is COC(=O)c1[nH]c(C)c(C(O)=C2C(=O)C(=O)N(CCCN3CCOCC3)[C@H]2c2ccco2)c1C. The average Bonchev–Trinajstić information content (AvgIpc) is 3.53. The summed E-state index contributed by atoms with van der Waals surface area (Å²) >= 11 is 0. The number of aromatic amines is 1. The molecule has 10 nitrogen and oxygen atoms in total. The lowest BCUT2D eigenvalue weighted by atomic mass is 9.97. The van der Waals surface area contributed by atoms with Gasteiger partial charge < -0.3 is 28.9 Å². The van der Waals surface area contributed by atoms with Gasteiger partial charge in [0.25, 0.3) is 11.7 Å². The van der Waals surface area contributed by atoms with E-state index in [0.717, 1.165) is 19.6 Å². The number of aromatic nitrogens is 1. The van der Waals surface area contributed by atoms with E-state index in [1.54, 1.807) is 26.0 Å². The van der Waals surface area contributed by atoms with E-state index in [1.807, 2.05) is 0 Å². The average molecular weight is 472 g/mol. The minimum atomic E-state index is -0.866. The first-order valence-corrected chi connectivity index (χ1v) is 11.2. The van der Waals surface area contributed by atoms with Crippen LogP contribution < -0.4 is 0 Å². The third kappa shape index (κ3) is 4.26. The van der Waals surface area contributed by atoms with Crippen molar-refractivity contribution in [2.75, 3.05) is 46.5 Å². The van der Waals surface area contributed by atoms with Gasteiger partial charge in [-0.05, 0) is 38.0 Å². The molecule has 34 heavy (non-hydrogen) atoms. The van der Waals surface area contributed by atoms with Gasteiger partial charge in [0.1, 0.15) is 23.3 Å². The molecular formula is C24H29N3O7. The zero-order chi connectivity index (χ0) is 24.4. The number of hydrogen-bond donors (Lipinski definition) is 2. The molecule has 1 amide bonds. The van der Waals surface area contributed by atoms with E-state index in [9.17, 15) is 19.5 Å². The fourth-order valence-electron chi connectivity index (χ4n) is 4.69. The molecule has 2 aliphatic rings. The molecule has 0 bridgehead atoms. The molecule has 0 aromatic carbocycles. The molecule has 2 aromatic rings. The minimum Gasteiger partial charge on any atom is -0.507 e. The molecule has 2 saturated heterocycles. The summed E-state index contributed by atoms with van der Waals surface area (Å²) < 4.78 is 15.7. The summed E-state index contributed by atoms with van der Waals surface area (Å²) in [6.07, 6.45) is 2.12. The number of H-pyrrole nitrogens is 1. The standard InChI is InChI=1S/C24H29N3O7/c1-14-17(15(2)25-19(14)24(31)32-3)21(28)18-20(16-6-4-11-34-16)27(23(30)22(18)29)8-5-7-26-9-12-33-13-10-26/h4,6,11,20,25,28H,5,7-10,12-13H2,1-3H3/t20-/m0/s1. The smallest absolute Gasteiger partial charge is 0.354 e. The van der Waals surface area contributed by atoms with Crippen LogP contribution in [0.4, 0.5) is 0 Å². The van der Waals surface area contributed by atoms with Gasteiger partial charge in [-0.25, -0.2) is 4.79 Å². The van der Waals surface area contributed by atoms with Crippen molar-refractivity contribution in [1.82, 2.24) is 14.8 Å². The number of ketones is 1. The van der Waals surface area contributed by atoms with Gasteiger partial charge in [-0.3, -0.25) is 14.5 Å². The number of nitrogens with one attached hydrogen (secondary N) is 1. The van der Waals surface area contributed by atoms with E-state index in [0.29, 0.717) is 48.8 Å². The Morgan fingerprint density at radius 2 is 1.97 bits per heavy atom. The van der Waals surface area contributed by atoms with Crippen molar-refractivity contribution in [2.24, 2.45) is 0 Å². The van der Waals surface area contributed by atoms with Crippen molar-refractivity contribution in [3.05, 3.63) is 52.2 Å². The van der Waals surface area contributed by atoms with Gasteiger partial charge in [-0.1, -0.05) is 0 Å².